The number of carbonyl (C=O) groups is 1. The molecule has 98 valence electrons. The van der Waals surface area contributed by atoms with Gasteiger partial charge in [-0.1, -0.05) is 63.9 Å². The molecular weight excluding hydrogens is 220 g/mol. The third-order valence-electron chi connectivity index (χ3n) is 4.07. The second-order valence-electron chi connectivity index (χ2n) is 6.52. The first-order valence-electron chi connectivity index (χ1n) is 7.09. The van der Waals surface area contributed by atoms with Crippen molar-refractivity contribution in [1.82, 2.24) is 0 Å². The lowest BCUT2D eigenvalue weighted by Crippen LogP contribution is -2.34. The minimum absolute atomic E-state index is 0.213. The number of ketones is 1. The molecule has 1 heteroatoms. The zero-order valence-corrected chi connectivity index (χ0v) is 11.8. The quantitative estimate of drug-likeness (QED) is 0.744. The van der Waals surface area contributed by atoms with Crippen LogP contribution in [0, 0.1) is 11.3 Å². The average molecular weight is 244 g/mol. The summed E-state index contributed by atoms with van der Waals surface area (Å²) < 4.78 is 0. The van der Waals surface area contributed by atoms with Crippen LogP contribution in [-0.4, -0.2) is 5.78 Å². The van der Waals surface area contributed by atoms with Gasteiger partial charge in [0.05, 0.1) is 0 Å². The molecule has 0 radical (unpaired) electrons. The van der Waals surface area contributed by atoms with Gasteiger partial charge in [-0.3, -0.25) is 4.79 Å². The van der Waals surface area contributed by atoms with E-state index in [0.29, 0.717) is 11.7 Å². The average Bonchev–Trinajstić information content (AvgIpc) is 2.38. The maximum Gasteiger partial charge on any atom is 0.141 e. The summed E-state index contributed by atoms with van der Waals surface area (Å²) >= 11 is 0. The molecule has 0 aromatic heterocycles. The van der Waals surface area contributed by atoms with Crippen LogP contribution < -0.4 is 0 Å². The predicted molar refractivity (Wildman–Crippen MR) is 75.6 cm³/mol. The summed E-state index contributed by atoms with van der Waals surface area (Å²) in [6.07, 6.45) is 4.69. The van der Waals surface area contributed by atoms with Crippen LogP contribution in [0.3, 0.4) is 0 Å². The molecule has 1 aliphatic carbocycles. The number of Topliss-reactive ketones (excluding diaryl/α,β-unsaturated/α-hetero) is 1. The first-order chi connectivity index (χ1) is 8.50. The van der Waals surface area contributed by atoms with Crippen molar-refractivity contribution in [3.8, 4) is 0 Å². The van der Waals surface area contributed by atoms with Gasteiger partial charge in [0.1, 0.15) is 5.78 Å². The van der Waals surface area contributed by atoms with Gasteiger partial charge in [0.2, 0.25) is 0 Å². The summed E-state index contributed by atoms with van der Waals surface area (Å²) in [4.78, 5) is 12.6. The van der Waals surface area contributed by atoms with Crippen LogP contribution in [0.4, 0.5) is 0 Å². The highest BCUT2D eigenvalue weighted by Gasteiger charge is 2.36. The fourth-order valence-corrected chi connectivity index (χ4v) is 3.10. The normalized spacial score (nSPS) is 24.8. The lowest BCUT2D eigenvalue weighted by atomic mass is 9.68. The SMILES string of the molecule is CC(C)(C)C(=O)C1CCCC[C@@H]1c1ccccc1. The van der Waals surface area contributed by atoms with E-state index < -0.39 is 0 Å². The van der Waals surface area contributed by atoms with Gasteiger partial charge in [-0.2, -0.15) is 0 Å². The Kier molecular flexibility index (Phi) is 3.89. The second kappa shape index (κ2) is 5.26. The molecule has 1 nitrogen and oxygen atoms in total. The van der Waals surface area contributed by atoms with E-state index in [-0.39, 0.29) is 11.3 Å². The molecule has 1 aliphatic rings. The Morgan fingerprint density at radius 3 is 2.28 bits per heavy atom. The van der Waals surface area contributed by atoms with Gasteiger partial charge in [0.25, 0.3) is 0 Å². The van der Waals surface area contributed by atoms with Crippen molar-refractivity contribution < 1.29 is 4.79 Å². The Bertz CT molecular complexity index is 399. The molecule has 1 aromatic carbocycles. The van der Waals surface area contributed by atoms with Crippen molar-refractivity contribution in [3.05, 3.63) is 35.9 Å². The zero-order valence-electron chi connectivity index (χ0n) is 11.8. The highest BCUT2D eigenvalue weighted by molar-refractivity contribution is 5.86. The molecule has 0 N–H and O–H groups in total. The van der Waals surface area contributed by atoms with Crippen LogP contribution in [0.2, 0.25) is 0 Å². The number of hydrogen-bond acceptors (Lipinski definition) is 1. The minimum Gasteiger partial charge on any atom is -0.299 e. The third-order valence-corrected chi connectivity index (χ3v) is 4.07. The maximum atomic E-state index is 12.6. The minimum atomic E-state index is -0.213. The lowest BCUT2D eigenvalue weighted by molar-refractivity contribution is -0.132. The van der Waals surface area contributed by atoms with Crippen LogP contribution in [0.5, 0.6) is 0 Å². The molecule has 1 unspecified atom stereocenters. The first-order valence-corrected chi connectivity index (χ1v) is 7.09. The Labute approximate surface area is 111 Å². The summed E-state index contributed by atoms with van der Waals surface area (Å²) in [6, 6.07) is 10.6. The number of rotatable bonds is 2. The van der Waals surface area contributed by atoms with Crippen molar-refractivity contribution >= 4 is 5.78 Å². The van der Waals surface area contributed by atoms with Crippen LogP contribution in [0.25, 0.3) is 0 Å². The summed E-state index contributed by atoms with van der Waals surface area (Å²) in [6.45, 7) is 6.14. The molecule has 0 bridgehead atoms. The molecule has 1 saturated carbocycles. The molecule has 0 saturated heterocycles. The van der Waals surface area contributed by atoms with E-state index in [9.17, 15) is 4.79 Å². The van der Waals surface area contributed by atoms with Crippen LogP contribution in [0.1, 0.15) is 57.9 Å². The van der Waals surface area contributed by atoms with Gasteiger partial charge in [-0.05, 0) is 24.3 Å². The zero-order chi connectivity index (χ0) is 13.2. The molecule has 2 atom stereocenters. The van der Waals surface area contributed by atoms with E-state index >= 15 is 0 Å². The van der Waals surface area contributed by atoms with Gasteiger partial charge < -0.3 is 0 Å². The molecular formula is C17H24O. The molecule has 0 spiro atoms. The van der Waals surface area contributed by atoms with Gasteiger partial charge in [0.15, 0.2) is 0 Å². The van der Waals surface area contributed by atoms with Crippen molar-refractivity contribution in [2.45, 2.75) is 52.4 Å². The largest absolute Gasteiger partial charge is 0.299 e. The second-order valence-corrected chi connectivity index (χ2v) is 6.52. The van der Waals surface area contributed by atoms with E-state index in [1.54, 1.807) is 0 Å². The van der Waals surface area contributed by atoms with E-state index in [1.807, 2.05) is 26.8 Å². The van der Waals surface area contributed by atoms with Crippen LogP contribution >= 0.6 is 0 Å². The summed E-state index contributed by atoms with van der Waals surface area (Å²) in [7, 11) is 0. The standard InChI is InChI=1S/C17H24O/c1-17(2,3)16(18)15-12-8-7-11-14(15)13-9-5-4-6-10-13/h4-6,9-10,14-15H,7-8,11-12H2,1-3H3/t14-,15?/m1/s1. The number of benzene rings is 1. The van der Waals surface area contributed by atoms with Crippen molar-refractivity contribution in [2.75, 3.05) is 0 Å². The van der Waals surface area contributed by atoms with Crippen LogP contribution in [-0.2, 0) is 4.79 Å². The summed E-state index contributed by atoms with van der Waals surface area (Å²) in [5.74, 6) is 1.10. The molecule has 18 heavy (non-hydrogen) atoms. The van der Waals surface area contributed by atoms with Gasteiger partial charge >= 0.3 is 0 Å². The highest BCUT2D eigenvalue weighted by atomic mass is 16.1. The monoisotopic (exact) mass is 244 g/mol. The number of carbonyl (C=O) groups excluding carboxylic acids is 1. The van der Waals surface area contributed by atoms with Crippen molar-refractivity contribution in [3.63, 3.8) is 0 Å². The third kappa shape index (κ3) is 2.82. The van der Waals surface area contributed by atoms with Crippen molar-refractivity contribution in [1.29, 1.82) is 0 Å². The van der Waals surface area contributed by atoms with Crippen LogP contribution in [0.15, 0.2) is 30.3 Å². The fraction of sp³-hybridized carbons (Fsp3) is 0.588. The predicted octanol–water partition coefficient (Wildman–Crippen LogP) is 4.58. The van der Waals surface area contributed by atoms with Crippen molar-refractivity contribution in [2.24, 2.45) is 11.3 Å². The van der Waals surface area contributed by atoms with E-state index in [0.717, 1.165) is 12.8 Å². The molecule has 1 fully saturated rings. The summed E-state index contributed by atoms with van der Waals surface area (Å²) in [5, 5.41) is 0. The fourth-order valence-electron chi connectivity index (χ4n) is 3.10. The van der Waals surface area contributed by atoms with Gasteiger partial charge in [-0.25, -0.2) is 0 Å². The number of hydrogen-bond donors (Lipinski definition) is 0. The Morgan fingerprint density at radius 2 is 1.67 bits per heavy atom. The molecule has 0 amide bonds. The Morgan fingerprint density at radius 1 is 1.06 bits per heavy atom. The summed E-state index contributed by atoms with van der Waals surface area (Å²) in [5.41, 5.74) is 1.13. The Balaban J connectivity index is 2.24. The first kappa shape index (κ1) is 13.3. The topological polar surface area (TPSA) is 17.1 Å². The molecule has 2 rings (SSSR count). The highest BCUT2D eigenvalue weighted by Crippen LogP contribution is 2.41. The smallest absolute Gasteiger partial charge is 0.141 e. The van der Waals surface area contributed by atoms with Gasteiger partial charge in [-0.15, -0.1) is 0 Å². The molecule has 0 heterocycles. The molecule has 1 aromatic rings. The van der Waals surface area contributed by atoms with E-state index in [1.165, 1.54) is 18.4 Å². The maximum absolute atomic E-state index is 12.6. The molecule has 0 aliphatic heterocycles. The lowest BCUT2D eigenvalue weighted by Gasteiger charge is -2.34. The Hall–Kier alpha value is -1.11. The van der Waals surface area contributed by atoms with E-state index in [4.69, 9.17) is 0 Å². The van der Waals surface area contributed by atoms with Gasteiger partial charge in [0, 0.05) is 11.3 Å². The van der Waals surface area contributed by atoms with E-state index in [2.05, 4.69) is 24.3 Å².